The highest BCUT2D eigenvalue weighted by Crippen LogP contribution is 2.14. The lowest BCUT2D eigenvalue weighted by molar-refractivity contribution is 0.418. The lowest BCUT2D eigenvalue weighted by atomic mass is 9.95. The third kappa shape index (κ3) is 13.1. The zero-order valence-corrected chi connectivity index (χ0v) is 12.1. The first-order chi connectivity index (χ1) is 8.10. The van der Waals surface area contributed by atoms with Gasteiger partial charge in [-0.05, 0) is 32.5 Å². The van der Waals surface area contributed by atoms with Gasteiger partial charge in [-0.3, -0.25) is 0 Å². The molecular formula is C15H30N2. The van der Waals surface area contributed by atoms with Gasteiger partial charge < -0.3 is 10.6 Å². The summed E-state index contributed by atoms with van der Waals surface area (Å²) in [5, 5.41) is 0. The van der Waals surface area contributed by atoms with Crippen LogP contribution in [0.5, 0.6) is 0 Å². The molecule has 2 nitrogen and oxygen atoms in total. The molecule has 0 bridgehead atoms. The van der Waals surface area contributed by atoms with Gasteiger partial charge in [0.2, 0.25) is 0 Å². The molecule has 2 heteroatoms. The second-order valence-corrected chi connectivity index (χ2v) is 4.11. The lowest BCUT2D eigenvalue weighted by Crippen LogP contribution is -2.27. The molecule has 0 spiro atoms. The van der Waals surface area contributed by atoms with Crippen molar-refractivity contribution < 1.29 is 0 Å². The molecule has 0 aromatic heterocycles. The van der Waals surface area contributed by atoms with Gasteiger partial charge in [-0.25, -0.2) is 0 Å². The van der Waals surface area contributed by atoms with Crippen LogP contribution in [0, 0.1) is 0 Å². The van der Waals surface area contributed by atoms with Crippen LogP contribution in [0.3, 0.4) is 0 Å². The molecule has 1 saturated carbocycles. The minimum atomic E-state index is 0.565. The Kier molecular flexibility index (Phi) is 14.4. The van der Waals surface area contributed by atoms with Crippen molar-refractivity contribution >= 4 is 0 Å². The van der Waals surface area contributed by atoms with E-state index in [0.717, 1.165) is 6.54 Å². The lowest BCUT2D eigenvalue weighted by Gasteiger charge is -2.18. The summed E-state index contributed by atoms with van der Waals surface area (Å²) in [6.45, 7) is 12.2. The standard InChI is InChI=1S/C9H15N.C4H9N.C2H6/c1-5-7-9(6-2)8-10(3)4;5-4-2-1-3-4;1-2/h5-7H,1-2,8H2,3-4H3;4H,1-3,5H2;1-2H3/b9-7+;;. The highest BCUT2D eigenvalue weighted by molar-refractivity contribution is 5.22. The Balaban J connectivity index is 0. The first-order valence-electron chi connectivity index (χ1n) is 6.44. The first kappa shape index (κ1) is 18.5. The summed E-state index contributed by atoms with van der Waals surface area (Å²) in [7, 11) is 4.06. The van der Waals surface area contributed by atoms with Crippen molar-refractivity contribution in [3.05, 3.63) is 37.0 Å². The summed E-state index contributed by atoms with van der Waals surface area (Å²) in [5.74, 6) is 0. The summed E-state index contributed by atoms with van der Waals surface area (Å²) < 4.78 is 0. The molecule has 1 rings (SSSR count). The molecule has 0 aromatic rings. The molecule has 0 radical (unpaired) electrons. The second-order valence-electron chi connectivity index (χ2n) is 4.11. The number of likely N-dealkylation sites (N-methyl/N-ethyl adjacent to an activating group) is 1. The predicted molar refractivity (Wildman–Crippen MR) is 80.2 cm³/mol. The van der Waals surface area contributed by atoms with E-state index >= 15 is 0 Å². The van der Waals surface area contributed by atoms with E-state index in [2.05, 4.69) is 18.1 Å². The molecule has 0 aliphatic heterocycles. The number of hydrogen-bond donors (Lipinski definition) is 1. The summed E-state index contributed by atoms with van der Waals surface area (Å²) in [6, 6.07) is 0.565. The van der Waals surface area contributed by atoms with Gasteiger partial charge in [-0.2, -0.15) is 0 Å². The van der Waals surface area contributed by atoms with Crippen LogP contribution in [0.4, 0.5) is 0 Å². The summed E-state index contributed by atoms with van der Waals surface area (Å²) in [4.78, 5) is 2.09. The van der Waals surface area contributed by atoms with E-state index in [-0.39, 0.29) is 0 Å². The fraction of sp³-hybridized carbons (Fsp3) is 0.600. The van der Waals surface area contributed by atoms with E-state index in [1.807, 2.05) is 40.1 Å². The average Bonchev–Trinajstić information content (AvgIpc) is 2.29. The molecule has 2 N–H and O–H groups in total. The fourth-order valence-electron chi connectivity index (χ4n) is 1.14. The van der Waals surface area contributed by atoms with E-state index in [4.69, 9.17) is 5.73 Å². The topological polar surface area (TPSA) is 29.3 Å². The van der Waals surface area contributed by atoms with Gasteiger partial charge in [-0.1, -0.05) is 51.7 Å². The van der Waals surface area contributed by atoms with Crippen molar-refractivity contribution in [3.8, 4) is 0 Å². The number of rotatable bonds is 4. The monoisotopic (exact) mass is 238 g/mol. The fourth-order valence-corrected chi connectivity index (χ4v) is 1.14. The van der Waals surface area contributed by atoms with Crippen molar-refractivity contribution in [1.29, 1.82) is 0 Å². The van der Waals surface area contributed by atoms with Crippen LogP contribution in [-0.2, 0) is 0 Å². The average molecular weight is 238 g/mol. The van der Waals surface area contributed by atoms with Crippen LogP contribution in [0.2, 0.25) is 0 Å². The van der Waals surface area contributed by atoms with E-state index in [1.165, 1.54) is 24.8 Å². The highest BCUT2D eigenvalue weighted by Gasteiger charge is 2.09. The molecular weight excluding hydrogens is 208 g/mol. The number of nitrogens with two attached hydrogens (primary N) is 1. The van der Waals surface area contributed by atoms with Gasteiger partial charge in [-0.15, -0.1) is 0 Å². The molecule has 0 aromatic carbocycles. The van der Waals surface area contributed by atoms with Crippen LogP contribution in [0.15, 0.2) is 37.0 Å². The molecule has 0 amide bonds. The highest BCUT2D eigenvalue weighted by atomic mass is 15.0. The Labute approximate surface area is 108 Å². The van der Waals surface area contributed by atoms with Crippen LogP contribution in [0.25, 0.3) is 0 Å². The van der Waals surface area contributed by atoms with Crippen molar-refractivity contribution in [2.45, 2.75) is 39.2 Å². The number of hydrogen-bond acceptors (Lipinski definition) is 2. The predicted octanol–water partition coefficient (Wildman–Crippen LogP) is 3.37. The third-order valence-corrected chi connectivity index (χ3v) is 2.24. The first-order valence-corrected chi connectivity index (χ1v) is 6.44. The zero-order chi connectivity index (χ0) is 13.7. The summed E-state index contributed by atoms with van der Waals surface area (Å²) >= 11 is 0. The van der Waals surface area contributed by atoms with E-state index in [9.17, 15) is 0 Å². The SMILES string of the molecule is C=C/C=C(\C=C)CN(C)C.CC.NC1CCC1. The molecule has 0 saturated heterocycles. The second kappa shape index (κ2) is 13.2. The molecule has 100 valence electrons. The summed E-state index contributed by atoms with van der Waals surface area (Å²) in [5.41, 5.74) is 6.57. The van der Waals surface area contributed by atoms with Crippen LogP contribution < -0.4 is 5.73 Å². The van der Waals surface area contributed by atoms with Crippen LogP contribution >= 0.6 is 0 Å². The van der Waals surface area contributed by atoms with Crippen molar-refractivity contribution in [2.75, 3.05) is 20.6 Å². The van der Waals surface area contributed by atoms with Gasteiger partial charge >= 0.3 is 0 Å². The Morgan fingerprint density at radius 2 is 1.76 bits per heavy atom. The van der Waals surface area contributed by atoms with Crippen molar-refractivity contribution in [3.63, 3.8) is 0 Å². The molecule has 0 heterocycles. The van der Waals surface area contributed by atoms with Gasteiger partial charge in [0.05, 0.1) is 0 Å². The van der Waals surface area contributed by atoms with Gasteiger partial charge in [0, 0.05) is 12.6 Å². The molecule has 0 atom stereocenters. The Morgan fingerprint density at radius 3 is 1.94 bits per heavy atom. The van der Waals surface area contributed by atoms with Crippen molar-refractivity contribution in [2.24, 2.45) is 5.73 Å². The minimum absolute atomic E-state index is 0.565. The van der Waals surface area contributed by atoms with Crippen LogP contribution in [0.1, 0.15) is 33.1 Å². The number of allylic oxidation sites excluding steroid dienone is 2. The Morgan fingerprint density at radius 1 is 1.29 bits per heavy atom. The number of nitrogens with zero attached hydrogens (tertiary/aromatic N) is 1. The molecule has 0 unspecified atom stereocenters. The maximum absolute atomic E-state index is 5.38. The Bertz CT molecular complexity index is 213. The van der Waals surface area contributed by atoms with E-state index in [0.29, 0.717) is 6.04 Å². The zero-order valence-electron chi connectivity index (χ0n) is 12.1. The maximum atomic E-state index is 5.38. The normalized spacial score (nSPS) is 14.8. The van der Waals surface area contributed by atoms with Crippen LogP contribution in [-0.4, -0.2) is 31.6 Å². The van der Waals surface area contributed by atoms with Gasteiger partial charge in [0.25, 0.3) is 0 Å². The molecule has 1 aliphatic rings. The molecule has 1 fully saturated rings. The smallest absolute Gasteiger partial charge is 0.0227 e. The van der Waals surface area contributed by atoms with Gasteiger partial charge in [0.1, 0.15) is 0 Å². The van der Waals surface area contributed by atoms with Gasteiger partial charge in [0.15, 0.2) is 0 Å². The maximum Gasteiger partial charge on any atom is 0.0227 e. The third-order valence-electron chi connectivity index (χ3n) is 2.24. The molecule has 1 aliphatic carbocycles. The summed E-state index contributed by atoms with van der Waals surface area (Å²) in [6.07, 6.45) is 9.48. The van der Waals surface area contributed by atoms with E-state index < -0.39 is 0 Å². The quantitative estimate of drug-likeness (QED) is 0.761. The largest absolute Gasteiger partial charge is 0.328 e. The minimum Gasteiger partial charge on any atom is -0.328 e. The molecule has 17 heavy (non-hydrogen) atoms. The van der Waals surface area contributed by atoms with E-state index in [1.54, 1.807) is 6.08 Å². The Hall–Kier alpha value is -0.860. The van der Waals surface area contributed by atoms with Crippen molar-refractivity contribution in [1.82, 2.24) is 4.90 Å².